The number of nitrogens with zero attached hydrogens (tertiary/aromatic N) is 1. The molecular weight excluding hydrogens is 230 g/mol. The Morgan fingerprint density at radius 1 is 1.24 bits per heavy atom. The van der Waals surface area contributed by atoms with Crippen LogP contribution >= 0.6 is 11.8 Å². The number of ketones is 1. The maximum atomic E-state index is 12.3. The van der Waals surface area contributed by atoms with E-state index in [1.165, 1.54) is 12.2 Å². The molecule has 0 aliphatic carbocycles. The highest BCUT2D eigenvalue weighted by Crippen LogP contribution is 2.15. The predicted molar refractivity (Wildman–Crippen MR) is 73.7 cm³/mol. The summed E-state index contributed by atoms with van der Waals surface area (Å²) in [5.41, 5.74) is 0.830. The summed E-state index contributed by atoms with van der Waals surface area (Å²) in [6.07, 6.45) is 1.19. The number of carbonyl (C=O) groups is 1. The molecule has 2 nitrogen and oxygen atoms in total. The Balaban J connectivity index is 2.03. The maximum absolute atomic E-state index is 12.3. The van der Waals surface area contributed by atoms with Crippen LogP contribution in [-0.4, -0.2) is 41.3 Å². The van der Waals surface area contributed by atoms with Crippen LogP contribution in [0.25, 0.3) is 0 Å². The third-order valence-electron chi connectivity index (χ3n) is 3.24. The minimum absolute atomic E-state index is 0.0103. The second-order valence-electron chi connectivity index (χ2n) is 4.41. The van der Waals surface area contributed by atoms with Gasteiger partial charge < -0.3 is 0 Å². The summed E-state index contributed by atoms with van der Waals surface area (Å²) in [6.45, 7) is 4.11. The number of carbonyl (C=O) groups excluding carboxylic acids is 1. The molecule has 0 spiro atoms. The van der Waals surface area contributed by atoms with Gasteiger partial charge in [0.25, 0.3) is 0 Å². The van der Waals surface area contributed by atoms with Crippen molar-refractivity contribution in [3.8, 4) is 0 Å². The van der Waals surface area contributed by atoms with Gasteiger partial charge in [0.05, 0.1) is 6.04 Å². The molecule has 0 N–H and O–H groups in total. The molecule has 0 aromatic heterocycles. The predicted octanol–water partition coefficient (Wildman–Crippen LogP) is 2.70. The quantitative estimate of drug-likeness (QED) is 0.768. The van der Waals surface area contributed by atoms with E-state index in [2.05, 4.69) is 4.90 Å². The Labute approximate surface area is 107 Å². The van der Waals surface area contributed by atoms with Crippen LogP contribution in [0, 0.1) is 0 Å². The van der Waals surface area contributed by atoms with Gasteiger partial charge >= 0.3 is 0 Å². The lowest BCUT2D eigenvalue weighted by Crippen LogP contribution is -2.40. The summed E-state index contributed by atoms with van der Waals surface area (Å²) in [4.78, 5) is 14.6. The smallest absolute Gasteiger partial charge is 0.179 e. The Morgan fingerprint density at radius 3 is 2.76 bits per heavy atom. The van der Waals surface area contributed by atoms with Gasteiger partial charge in [-0.05, 0) is 25.6 Å². The number of hydrogen-bond acceptors (Lipinski definition) is 3. The lowest BCUT2D eigenvalue weighted by Gasteiger charge is -2.26. The third-order valence-corrected chi connectivity index (χ3v) is 4.29. The average Bonchev–Trinajstić information content (AvgIpc) is 2.67. The van der Waals surface area contributed by atoms with Gasteiger partial charge in [0, 0.05) is 17.9 Å². The van der Waals surface area contributed by atoms with E-state index in [9.17, 15) is 4.79 Å². The summed E-state index contributed by atoms with van der Waals surface area (Å²) >= 11 is 1.99. The van der Waals surface area contributed by atoms with Crippen LogP contribution in [0.5, 0.6) is 0 Å². The number of thioether (sulfide) groups is 1. The van der Waals surface area contributed by atoms with Crippen LogP contribution in [0.15, 0.2) is 30.3 Å². The molecule has 1 aromatic rings. The van der Waals surface area contributed by atoms with Crippen molar-refractivity contribution < 1.29 is 4.79 Å². The van der Waals surface area contributed by atoms with Crippen LogP contribution in [0.2, 0.25) is 0 Å². The van der Waals surface area contributed by atoms with Gasteiger partial charge in [0.1, 0.15) is 0 Å². The first kappa shape index (κ1) is 12.7. The molecule has 92 valence electrons. The van der Waals surface area contributed by atoms with Crippen molar-refractivity contribution in [2.24, 2.45) is 0 Å². The molecule has 2 rings (SSSR count). The second kappa shape index (κ2) is 6.22. The Morgan fingerprint density at radius 2 is 2.00 bits per heavy atom. The van der Waals surface area contributed by atoms with Crippen molar-refractivity contribution in [1.82, 2.24) is 4.90 Å². The van der Waals surface area contributed by atoms with E-state index < -0.39 is 0 Å². The highest BCUT2D eigenvalue weighted by Gasteiger charge is 2.22. The van der Waals surface area contributed by atoms with Gasteiger partial charge in [0.2, 0.25) is 0 Å². The van der Waals surface area contributed by atoms with Crippen molar-refractivity contribution in [2.75, 3.05) is 24.6 Å². The standard InChI is InChI=1S/C14H19NOS/c1-12(15-8-5-10-17-11-9-15)14(16)13-6-3-2-4-7-13/h2-4,6-7,12H,5,8-11H2,1H3. The normalized spacial score (nSPS) is 19.6. The number of benzene rings is 1. The largest absolute Gasteiger partial charge is 0.293 e. The Bertz CT molecular complexity index is 358. The van der Waals surface area contributed by atoms with Gasteiger partial charge in [-0.15, -0.1) is 0 Å². The summed E-state index contributed by atoms with van der Waals surface area (Å²) in [5, 5.41) is 0. The molecule has 1 aromatic carbocycles. The molecule has 3 heteroatoms. The zero-order valence-electron chi connectivity index (χ0n) is 10.3. The lowest BCUT2D eigenvalue weighted by molar-refractivity contribution is 0.0848. The van der Waals surface area contributed by atoms with Crippen molar-refractivity contribution in [1.29, 1.82) is 0 Å². The zero-order valence-corrected chi connectivity index (χ0v) is 11.1. The summed E-state index contributed by atoms with van der Waals surface area (Å²) < 4.78 is 0. The minimum atomic E-state index is 0.0103. The zero-order chi connectivity index (χ0) is 12.1. The van der Waals surface area contributed by atoms with Gasteiger partial charge in [-0.25, -0.2) is 0 Å². The monoisotopic (exact) mass is 249 g/mol. The molecule has 17 heavy (non-hydrogen) atoms. The fraction of sp³-hybridized carbons (Fsp3) is 0.500. The molecule has 1 saturated heterocycles. The molecule has 0 saturated carbocycles. The first-order valence-corrected chi connectivity index (χ1v) is 7.35. The summed E-state index contributed by atoms with van der Waals surface area (Å²) in [5.74, 6) is 2.62. The van der Waals surface area contributed by atoms with Crippen molar-refractivity contribution in [3.63, 3.8) is 0 Å². The van der Waals surface area contributed by atoms with E-state index >= 15 is 0 Å². The molecule has 1 atom stereocenters. The molecule has 1 fully saturated rings. The summed E-state index contributed by atoms with van der Waals surface area (Å²) in [7, 11) is 0. The number of hydrogen-bond donors (Lipinski definition) is 0. The lowest BCUT2D eigenvalue weighted by atomic mass is 10.0. The van der Waals surface area contributed by atoms with Crippen LogP contribution in [0.4, 0.5) is 0 Å². The van der Waals surface area contributed by atoms with E-state index in [-0.39, 0.29) is 11.8 Å². The van der Waals surface area contributed by atoms with E-state index in [1.807, 2.05) is 49.0 Å². The van der Waals surface area contributed by atoms with Crippen LogP contribution < -0.4 is 0 Å². The van der Waals surface area contributed by atoms with Crippen molar-refractivity contribution in [3.05, 3.63) is 35.9 Å². The highest BCUT2D eigenvalue weighted by molar-refractivity contribution is 7.99. The highest BCUT2D eigenvalue weighted by atomic mass is 32.2. The first-order chi connectivity index (χ1) is 8.29. The molecule has 0 bridgehead atoms. The third kappa shape index (κ3) is 3.33. The molecule has 0 amide bonds. The van der Waals surface area contributed by atoms with Gasteiger partial charge in [-0.2, -0.15) is 11.8 Å². The van der Waals surface area contributed by atoms with Crippen LogP contribution in [0.1, 0.15) is 23.7 Å². The fourth-order valence-corrected chi connectivity index (χ4v) is 3.06. The van der Waals surface area contributed by atoms with E-state index in [0.717, 1.165) is 24.4 Å². The average molecular weight is 249 g/mol. The topological polar surface area (TPSA) is 20.3 Å². The minimum Gasteiger partial charge on any atom is -0.293 e. The maximum Gasteiger partial charge on any atom is 0.179 e. The van der Waals surface area contributed by atoms with Gasteiger partial charge in [-0.1, -0.05) is 30.3 Å². The first-order valence-electron chi connectivity index (χ1n) is 6.20. The number of Topliss-reactive ketones (excluding diaryl/α,β-unsaturated/α-hetero) is 1. The molecular formula is C14H19NOS. The Kier molecular flexibility index (Phi) is 4.63. The fourth-order valence-electron chi connectivity index (χ4n) is 2.16. The summed E-state index contributed by atoms with van der Waals surface area (Å²) in [6, 6.07) is 9.63. The SMILES string of the molecule is CC(C(=O)c1ccccc1)N1CCCSCC1. The number of rotatable bonds is 3. The van der Waals surface area contributed by atoms with Gasteiger partial charge in [0.15, 0.2) is 5.78 Å². The van der Waals surface area contributed by atoms with Crippen LogP contribution in [-0.2, 0) is 0 Å². The molecule has 1 unspecified atom stereocenters. The molecule has 0 radical (unpaired) electrons. The van der Waals surface area contributed by atoms with E-state index in [4.69, 9.17) is 0 Å². The van der Waals surface area contributed by atoms with Crippen LogP contribution in [0.3, 0.4) is 0 Å². The Hall–Kier alpha value is -0.800. The molecule has 1 heterocycles. The van der Waals surface area contributed by atoms with E-state index in [0.29, 0.717) is 0 Å². The van der Waals surface area contributed by atoms with Gasteiger partial charge in [-0.3, -0.25) is 9.69 Å². The van der Waals surface area contributed by atoms with Crippen molar-refractivity contribution >= 4 is 17.5 Å². The molecule has 1 aliphatic rings. The second-order valence-corrected chi connectivity index (χ2v) is 5.63. The molecule has 1 aliphatic heterocycles. The van der Waals surface area contributed by atoms with E-state index in [1.54, 1.807) is 0 Å². The van der Waals surface area contributed by atoms with Crippen molar-refractivity contribution in [2.45, 2.75) is 19.4 Å².